The number of piperidine rings is 1. The van der Waals surface area contributed by atoms with Crippen LogP contribution in [0.5, 0.6) is 5.75 Å². The summed E-state index contributed by atoms with van der Waals surface area (Å²) in [6.45, 7) is 5.57. The molecule has 2 aromatic heterocycles. The highest BCUT2D eigenvalue weighted by Crippen LogP contribution is 2.37. The van der Waals surface area contributed by atoms with Gasteiger partial charge in [-0.05, 0) is 49.2 Å². The van der Waals surface area contributed by atoms with Crippen LogP contribution in [0.25, 0.3) is 11.3 Å². The maximum atomic E-state index is 12.2. The molecule has 9 nitrogen and oxygen atoms in total. The fraction of sp³-hybridized carbons (Fsp3) is 0.280. The molecule has 2 aliphatic rings. The van der Waals surface area contributed by atoms with E-state index in [1.165, 1.54) is 6.08 Å². The summed E-state index contributed by atoms with van der Waals surface area (Å²) in [6.07, 6.45) is 4.86. The number of carbonyl (C=O) groups is 1. The second-order valence-electron chi connectivity index (χ2n) is 8.43. The van der Waals surface area contributed by atoms with Gasteiger partial charge in [-0.1, -0.05) is 24.2 Å². The zero-order valence-electron chi connectivity index (χ0n) is 19.2. The van der Waals surface area contributed by atoms with Crippen molar-refractivity contribution in [3.8, 4) is 17.0 Å². The highest BCUT2D eigenvalue weighted by molar-refractivity contribution is 6.32. The number of benzene rings is 1. The molecule has 0 saturated carbocycles. The third-order valence-corrected chi connectivity index (χ3v) is 6.49. The average Bonchev–Trinajstić information content (AvgIpc) is 3.29. The monoisotopic (exact) mass is 491 g/mol. The number of anilines is 1. The molecule has 5 rings (SSSR count). The number of nitrogens with zero attached hydrogens (tertiary/aromatic N) is 5. The van der Waals surface area contributed by atoms with Crippen LogP contribution in [-0.2, 0) is 11.4 Å². The van der Waals surface area contributed by atoms with Crippen molar-refractivity contribution in [1.82, 2.24) is 19.7 Å². The highest BCUT2D eigenvalue weighted by Gasteiger charge is 2.31. The Labute approximate surface area is 208 Å². The van der Waals surface area contributed by atoms with Gasteiger partial charge < -0.3 is 20.7 Å². The number of aliphatic imine (C=N–C) groups is 1. The van der Waals surface area contributed by atoms with Gasteiger partial charge in [0.25, 0.3) is 0 Å². The smallest absolute Gasteiger partial charge is 0.246 e. The molecule has 1 saturated heterocycles. The van der Waals surface area contributed by atoms with Crippen LogP contribution in [0.3, 0.4) is 0 Å². The Morgan fingerprint density at radius 1 is 1.34 bits per heavy atom. The van der Waals surface area contributed by atoms with Gasteiger partial charge in [0.1, 0.15) is 36.4 Å². The molecule has 180 valence electrons. The van der Waals surface area contributed by atoms with E-state index < -0.39 is 0 Å². The third kappa shape index (κ3) is 4.59. The van der Waals surface area contributed by atoms with E-state index in [1.807, 2.05) is 41.1 Å². The lowest BCUT2D eigenvalue weighted by atomic mass is 10.0. The molecular weight excluding hydrogens is 466 g/mol. The highest BCUT2D eigenvalue weighted by atomic mass is 35.5. The van der Waals surface area contributed by atoms with Crippen molar-refractivity contribution in [2.24, 2.45) is 10.7 Å². The minimum Gasteiger partial charge on any atom is -0.486 e. The molecular formula is C25H26ClN7O2. The number of fused-ring (bicyclic) bond motifs is 1. The topological polar surface area (TPSA) is 111 Å². The lowest BCUT2D eigenvalue weighted by Gasteiger charge is -2.33. The van der Waals surface area contributed by atoms with Gasteiger partial charge in [0.2, 0.25) is 5.91 Å². The lowest BCUT2D eigenvalue weighted by Crippen LogP contribution is -2.40. The first-order valence-electron chi connectivity index (χ1n) is 11.5. The van der Waals surface area contributed by atoms with Gasteiger partial charge in [0.05, 0.1) is 22.3 Å². The van der Waals surface area contributed by atoms with Crippen molar-refractivity contribution < 1.29 is 9.53 Å². The molecule has 4 heterocycles. The molecule has 0 radical (unpaired) electrons. The molecule has 0 unspecified atom stereocenters. The minimum atomic E-state index is -0.0712. The van der Waals surface area contributed by atoms with Crippen LogP contribution in [-0.4, -0.2) is 51.2 Å². The van der Waals surface area contributed by atoms with Crippen molar-refractivity contribution >= 4 is 29.2 Å². The van der Waals surface area contributed by atoms with Crippen molar-refractivity contribution in [3.63, 3.8) is 0 Å². The van der Waals surface area contributed by atoms with E-state index in [9.17, 15) is 4.79 Å². The van der Waals surface area contributed by atoms with Gasteiger partial charge in [-0.15, -0.1) is 0 Å². The number of nitrogens with one attached hydrogen (secondary N) is 1. The van der Waals surface area contributed by atoms with Gasteiger partial charge in [-0.3, -0.25) is 9.78 Å². The Morgan fingerprint density at radius 2 is 2.23 bits per heavy atom. The molecule has 1 amide bonds. The first-order valence-corrected chi connectivity index (χ1v) is 11.8. The van der Waals surface area contributed by atoms with E-state index in [-0.39, 0.29) is 11.9 Å². The number of amidine groups is 1. The minimum absolute atomic E-state index is 0.00463. The number of hydrogen-bond acceptors (Lipinski definition) is 7. The van der Waals surface area contributed by atoms with Gasteiger partial charge in [0, 0.05) is 24.8 Å². The van der Waals surface area contributed by atoms with Gasteiger partial charge >= 0.3 is 0 Å². The second-order valence-corrected chi connectivity index (χ2v) is 8.84. The Morgan fingerprint density at radius 3 is 3.00 bits per heavy atom. The van der Waals surface area contributed by atoms with Gasteiger partial charge in [0.15, 0.2) is 0 Å². The van der Waals surface area contributed by atoms with E-state index in [0.717, 1.165) is 35.5 Å². The quantitative estimate of drug-likeness (QED) is 0.509. The zero-order valence-corrected chi connectivity index (χ0v) is 19.9. The molecule has 1 atom stereocenters. The number of hydrogen-bond donors (Lipinski definition) is 2. The molecule has 3 N–H and O–H groups in total. The van der Waals surface area contributed by atoms with Gasteiger partial charge in [-0.25, -0.2) is 9.67 Å². The Hall–Kier alpha value is -3.85. The van der Waals surface area contributed by atoms with E-state index in [4.69, 9.17) is 27.2 Å². The van der Waals surface area contributed by atoms with Crippen molar-refractivity contribution in [3.05, 3.63) is 71.5 Å². The molecule has 10 heteroatoms. The Kier molecular flexibility index (Phi) is 6.41. The lowest BCUT2D eigenvalue weighted by molar-refractivity contribution is -0.127. The number of halogens is 1. The number of likely N-dealkylation sites (tertiary alicyclic amines) is 1. The summed E-state index contributed by atoms with van der Waals surface area (Å²) in [5.74, 6) is 1.71. The molecule has 0 spiro atoms. The second kappa shape index (κ2) is 9.79. The largest absolute Gasteiger partial charge is 0.486 e. The summed E-state index contributed by atoms with van der Waals surface area (Å²) in [7, 11) is 0. The van der Waals surface area contributed by atoms with E-state index in [1.54, 1.807) is 11.1 Å². The van der Waals surface area contributed by atoms with Crippen LogP contribution in [0.4, 0.5) is 5.82 Å². The number of nitrogens with two attached hydrogens (primary N) is 1. The van der Waals surface area contributed by atoms with E-state index in [2.05, 4.69) is 21.9 Å². The van der Waals surface area contributed by atoms with Crippen LogP contribution in [0.15, 0.2) is 60.2 Å². The maximum Gasteiger partial charge on any atom is 0.246 e. The summed E-state index contributed by atoms with van der Waals surface area (Å²) < 4.78 is 7.80. The number of pyridine rings is 1. The molecule has 0 bridgehead atoms. The number of rotatable bonds is 6. The maximum absolute atomic E-state index is 12.2. The van der Waals surface area contributed by atoms with Crippen LogP contribution in [0, 0.1) is 0 Å². The molecule has 1 fully saturated rings. The predicted octanol–water partition coefficient (Wildman–Crippen LogP) is 3.62. The fourth-order valence-electron chi connectivity index (χ4n) is 4.48. The summed E-state index contributed by atoms with van der Waals surface area (Å²) >= 11 is 6.58. The summed E-state index contributed by atoms with van der Waals surface area (Å²) in [5, 5.41) is 8.72. The first-order chi connectivity index (χ1) is 17.0. The normalized spacial score (nSPS) is 17.2. The SMILES string of the molecule is C=CC(=O)N1CCC[C@H](n2nc(-c3ccc(OCc4ccccn4)c(Cl)c3)c3c2NCN=C3N)C1. The number of aromatic nitrogens is 3. The number of carbonyl (C=O) groups excluding carboxylic acids is 1. The van der Waals surface area contributed by atoms with Crippen molar-refractivity contribution in [1.29, 1.82) is 0 Å². The fourth-order valence-corrected chi connectivity index (χ4v) is 4.71. The summed E-state index contributed by atoms with van der Waals surface area (Å²) in [6, 6.07) is 11.2. The Bertz CT molecular complexity index is 1290. The van der Waals surface area contributed by atoms with Gasteiger partial charge in [-0.2, -0.15) is 5.10 Å². The molecule has 35 heavy (non-hydrogen) atoms. The standard InChI is InChI=1S/C25H26ClN7O2/c1-2-21(34)32-11-5-7-18(13-32)33-25-22(24(27)29-15-30-25)23(31-33)16-8-9-20(19(26)12-16)35-14-17-6-3-4-10-28-17/h2-4,6,8-10,12,18,30H,1,5,7,11,13-15H2,(H2,27,29)/t18-/m0/s1. The first kappa shape index (κ1) is 22.9. The average molecular weight is 492 g/mol. The number of ether oxygens (including phenoxy) is 1. The molecule has 3 aromatic rings. The summed E-state index contributed by atoms with van der Waals surface area (Å²) in [5.41, 5.74) is 9.35. The molecule has 0 aliphatic carbocycles. The number of amides is 1. The zero-order chi connectivity index (χ0) is 24.4. The Balaban J connectivity index is 1.46. The van der Waals surface area contributed by atoms with Crippen LogP contribution >= 0.6 is 11.6 Å². The third-order valence-electron chi connectivity index (χ3n) is 6.20. The van der Waals surface area contributed by atoms with Crippen molar-refractivity contribution in [2.45, 2.75) is 25.5 Å². The molecule has 1 aromatic carbocycles. The molecule has 2 aliphatic heterocycles. The summed E-state index contributed by atoms with van der Waals surface area (Å²) in [4.78, 5) is 22.7. The van der Waals surface area contributed by atoms with E-state index >= 15 is 0 Å². The van der Waals surface area contributed by atoms with Crippen LogP contribution < -0.4 is 15.8 Å². The van der Waals surface area contributed by atoms with Crippen LogP contribution in [0.2, 0.25) is 5.02 Å². The van der Waals surface area contributed by atoms with E-state index in [0.29, 0.717) is 48.7 Å². The predicted molar refractivity (Wildman–Crippen MR) is 136 cm³/mol. The van der Waals surface area contributed by atoms with Crippen molar-refractivity contribution in [2.75, 3.05) is 25.1 Å². The van der Waals surface area contributed by atoms with Crippen LogP contribution in [0.1, 0.15) is 30.1 Å².